The molecule has 0 fully saturated rings. The summed E-state index contributed by atoms with van der Waals surface area (Å²) in [5, 5.41) is 9.70. The molecule has 0 radical (unpaired) electrons. The molecule has 1 amide bonds. The number of aryl methyl sites for hydroxylation is 1. The van der Waals surface area contributed by atoms with Crippen LogP contribution in [0.15, 0.2) is 16.7 Å². The molecule has 0 aliphatic heterocycles. The lowest BCUT2D eigenvalue weighted by atomic mass is 10.1. The summed E-state index contributed by atoms with van der Waals surface area (Å²) < 4.78 is 5.10. The van der Waals surface area contributed by atoms with E-state index in [4.69, 9.17) is 4.42 Å². The Balaban J connectivity index is 2.78. The van der Waals surface area contributed by atoms with E-state index in [1.807, 2.05) is 6.92 Å². The molecule has 0 aliphatic rings. The van der Waals surface area contributed by atoms with E-state index >= 15 is 0 Å². The summed E-state index contributed by atoms with van der Waals surface area (Å²) in [7, 11) is 0. The molecular formula is C12H19NO3. The Bertz CT molecular complexity index is 363. The van der Waals surface area contributed by atoms with Crippen LogP contribution >= 0.6 is 0 Å². The fraction of sp³-hybridized carbons (Fsp3) is 0.583. The number of nitrogens with zero attached hydrogens (tertiary/aromatic N) is 1. The van der Waals surface area contributed by atoms with Gasteiger partial charge in [-0.2, -0.15) is 0 Å². The maximum atomic E-state index is 12.0. The van der Waals surface area contributed by atoms with Gasteiger partial charge in [-0.1, -0.05) is 0 Å². The maximum absolute atomic E-state index is 12.0. The molecule has 0 saturated heterocycles. The first-order chi connectivity index (χ1) is 7.33. The second-order valence-electron chi connectivity index (χ2n) is 4.58. The van der Waals surface area contributed by atoms with Crippen molar-refractivity contribution < 1.29 is 14.3 Å². The Morgan fingerprint density at radius 2 is 2.19 bits per heavy atom. The molecule has 4 heteroatoms. The standard InChI is InChI=1S/C12H19NO3/c1-5-13(8-12(3,4)15)11(14)10-6-9(2)16-7-10/h6-7,15H,5,8H2,1-4H3. The van der Waals surface area contributed by atoms with Crippen LogP contribution in [0.4, 0.5) is 0 Å². The minimum atomic E-state index is -0.884. The Morgan fingerprint density at radius 1 is 1.56 bits per heavy atom. The molecule has 0 saturated carbocycles. The second kappa shape index (κ2) is 4.70. The lowest BCUT2D eigenvalue weighted by Crippen LogP contribution is -2.42. The molecule has 0 unspecified atom stereocenters. The molecule has 1 aromatic heterocycles. The zero-order valence-electron chi connectivity index (χ0n) is 10.3. The molecule has 0 spiro atoms. The summed E-state index contributed by atoms with van der Waals surface area (Å²) in [6.07, 6.45) is 1.45. The third-order valence-corrected chi connectivity index (χ3v) is 2.22. The monoisotopic (exact) mass is 225 g/mol. The Hall–Kier alpha value is -1.29. The molecule has 0 bridgehead atoms. The van der Waals surface area contributed by atoms with Crippen molar-refractivity contribution in [2.45, 2.75) is 33.3 Å². The largest absolute Gasteiger partial charge is 0.469 e. The van der Waals surface area contributed by atoms with Crippen molar-refractivity contribution in [1.29, 1.82) is 0 Å². The van der Waals surface area contributed by atoms with Gasteiger partial charge in [0.25, 0.3) is 5.91 Å². The summed E-state index contributed by atoms with van der Waals surface area (Å²) in [5.74, 6) is 0.601. The maximum Gasteiger partial charge on any atom is 0.257 e. The van der Waals surface area contributed by atoms with Crippen molar-refractivity contribution in [2.75, 3.05) is 13.1 Å². The number of aliphatic hydroxyl groups is 1. The molecule has 1 rings (SSSR count). The van der Waals surface area contributed by atoms with E-state index in [2.05, 4.69) is 0 Å². The van der Waals surface area contributed by atoms with Crippen molar-refractivity contribution in [2.24, 2.45) is 0 Å². The Labute approximate surface area is 95.9 Å². The minimum Gasteiger partial charge on any atom is -0.469 e. The van der Waals surface area contributed by atoms with Crippen LogP contribution < -0.4 is 0 Å². The molecule has 1 N–H and O–H groups in total. The predicted molar refractivity (Wildman–Crippen MR) is 61.3 cm³/mol. The van der Waals surface area contributed by atoms with Gasteiger partial charge in [0.15, 0.2) is 0 Å². The van der Waals surface area contributed by atoms with Crippen LogP contribution in [0.3, 0.4) is 0 Å². The third-order valence-electron chi connectivity index (χ3n) is 2.22. The molecular weight excluding hydrogens is 206 g/mol. The van der Waals surface area contributed by atoms with E-state index in [-0.39, 0.29) is 5.91 Å². The highest BCUT2D eigenvalue weighted by Gasteiger charge is 2.22. The molecule has 0 atom stereocenters. The first kappa shape index (κ1) is 12.8. The number of carbonyl (C=O) groups excluding carboxylic acids is 1. The van der Waals surface area contributed by atoms with Crippen LogP contribution in [0.2, 0.25) is 0 Å². The fourth-order valence-electron chi connectivity index (χ4n) is 1.53. The molecule has 1 aromatic rings. The van der Waals surface area contributed by atoms with E-state index in [9.17, 15) is 9.90 Å². The van der Waals surface area contributed by atoms with Crippen LogP contribution in [0.25, 0.3) is 0 Å². The first-order valence-corrected chi connectivity index (χ1v) is 5.40. The van der Waals surface area contributed by atoms with Crippen molar-refractivity contribution in [1.82, 2.24) is 4.90 Å². The zero-order valence-corrected chi connectivity index (χ0v) is 10.3. The SMILES string of the molecule is CCN(CC(C)(C)O)C(=O)c1coc(C)c1. The van der Waals surface area contributed by atoms with E-state index in [1.54, 1.807) is 31.7 Å². The average Bonchev–Trinajstić information content (AvgIpc) is 2.58. The van der Waals surface area contributed by atoms with Crippen molar-refractivity contribution in [3.63, 3.8) is 0 Å². The number of rotatable bonds is 4. The number of amides is 1. The van der Waals surface area contributed by atoms with Crippen LogP contribution in [-0.4, -0.2) is 34.6 Å². The molecule has 90 valence electrons. The van der Waals surface area contributed by atoms with E-state index in [1.165, 1.54) is 6.26 Å². The summed E-state index contributed by atoms with van der Waals surface area (Å²) in [6, 6.07) is 1.70. The van der Waals surface area contributed by atoms with Crippen molar-refractivity contribution >= 4 is 5.91 Å². The van der Waals surface area contributed by atoms with Crippen LogP contribution in [-0.2, 0) is 0 Å². The Morgan fingerprint density at radius 3 is 2.56 bits per heavy atom. The lowest BCUT2D eigenvalue weighted by molar-refractivity contribution is 0.0314. The van der Waals surface area contributed by atoms with Gasteiger partial charge in [-0.05, 0) is 33.8 Å². The number of furan rings is 1. The summed E-state index contributed by atoms with van der Waals surface area (Å²) in [4.78, 5) is 13.6. The van der Waals surface area contributed by atoms with Gasteiger partial charge in [0, 0.05) is 13.1 Å². The molecule has 1 heterocycles. The van der Waals surface area contributed by atoms with E-state index < -0.39 is 5.60 Å². The van der Waals surface area contributed by atoms with Gasteiger partial charge in [-0.3, -0.25) is 4.79 Å². The second-order valence-corrected chi connectivity index (χ2v) is 4.58. The lowest BCUT2D eigenvalue weighted by Gasteiger charge is -2.27. The van der Waals surface area contributed by atoms with E-state index in [0.29, 0.717) is 24.4 Å². The number of likely N-dealkylation sites (N-methyl/N-ethyl adjacent to an activating group) is 1. The van der Waals surface area contributed by atoms with E-state index in [0.717, 1.165) is 0 Å². The number of carbonyl (C=O) groups is 1. The first-order valence-electron chi connectivity index (χ1n) is 5.40. The average molecular weight is 225 g/mol. The van der Waals surface area contributed by atoms with Crippen LogP contribution in [0.5, 0.6) is 0 Å². The van der Waals surface area contributed by atoms with Crippen molar-refractivity contribution in [3.8, 4) is 0 Å². The number of hydrogen-bond donors (Lipinski definition) is 1. The normalized spacial score (nSPS) is 11.6. The van der Waals surface area contributed by atoms with Gasteiger partial charge in [-0.25, -0.2) is 0 Å². The molecule has 4 nitrogen and oxygen atoms in total. The predicted octanol–water partition coefficient (Wildman–Crippen LogP) is 1.82. The fourth-order valence-corrected chi connectivity index (χ4v) is 1.53. The highest BCUT2D eigenvalue weighted by atomic mass is 16.3. The van der Waals surface area contributed by atoms with Gasteiger partial charge >= 0.3 is 0 Å². The van der Waals surface area contributed by atoms with Gasteiger partial charge in [-0.15, -0.1) is 0 Å². The zero-order chi connectivity index (χ0) is 12.3. The highest BCUT2D eigenvalue weighted by Crippen LogP contribution is 2.12. The topological polar surface area (TPSA) is 53.7 Å². The highest BCUT2D eigenvalue weighted by molar-refractivity contribution is 5.94. The summed E-state index contributed by atoms with van der Waals surface area (Å²) in [6.45, 7) is 7.92. The molecule has 0 aromatic carbocycles. The smallest absolute Gasteiger partial charge is 0.257 e. The Kier molecular flexibility index (Phi) is 3.75. The minimum absolute atomic E-state index is 0.110. The van der Waals surface area contributed by atoms with Gasteiger partial charge in [0.05, 0.1) is 11.2 Å². The van der Waals surface area contributed by atoms with Gasteiger partial charge < -0.3 is 14.4 Å². The van der Waals surface area contributed by atoms with Crippen LogP contribution in [0.1, 0.15) is 36.9 Å². The van der Waals surface area contributed by atoms with Gasteiger partial charge in [0.2, 0.25) is 0 Å². The van der Waals surface area contributed by atoms with Crippen LogP contribution in [0, 0.1) is 6.92 Å². The summed E-state index contributed by atoms with van der Waals surface area (Å²) in [5.41, 5.74) is -0.353. The summed E-state index contributed by atoms with van der Waals surface area (Å²) >= 11 is 0. The third kappa shape index (κ3) is 3.38. The quantitative estimate of drug-likeness (QED) is 0.850. The van der Waals surface area contributed by atoms with Gasteiger partial charge in [0.1, 0.15) is 12.0 Å². The molecule has 16 heavy (non-hydrogen) atoms. The molecule has 0 aliphatic carbocycles. The number of hydrogen-bond acceptors (Lipinski definition) is 3. The van der Waals surface area contributed by atoms with Crippen molar-refractivity contribution in [3.05, 3.63) is 23.7 Å².